The largest absolute Gasteiger partial charge is 0.510 e. The number of imidazole rings is 1. The Bertz CT molecular complexity index is 3580. The van der Waals surface area contributed by atoms with Crippen LogP contribution in [0, 0.1) is 18.5 Å². The van der Waals surface area contributed by atoms with Crippen molar-refractivity contribution in [2.75, 3.05) is 0 Å². The summed E-state index contributed by atoms with van der Waals surface area (Å²) in [6, 6.07) is 73.9. The molecule has 0 unspecified atom stereocenters. The second-order valence-corrected chi connectivity index (χ2v) is 24.4. The summed E-state index contributed by atoms with van der Waals surface area (Å²) in [6.45, 7) is 14.0. The van der Waals surface area contributed by atoms with E-state index in [1.165, 1.54) is 33.0 Å². The first kappa shape index (κ1) is 44.7. The van der Waals surface area contributed by atoms with E-state index in [4.69, 9.17) is 9.72 Å². The first-order valence-electron chi connectivity index (χ1n) is 23.0. The van der Waals surface area contributed by atoms with Crippen molar-refractivity contribution in [1.29, 1.82) is 0 Å². The van der Waals surface area contributed by atoms with E-state index in [1.807, 2.05) is 24.4 Å². The molecule has 11 aromatic rings. The number of fused-ring (bicyclic) bond motifs is 4. The zero-order valence-corrected chi connectivity index (χ0v) is 42.3. The van der Waals surface area contributed by atoms with Crippen molar-refractivity contribution in [1.82, 2.24) is 14.1 Å². The number of benzene rings is 8. The zero-order chi connectivity index (χ0) is 45.9. The number of pyridine rings is 1. The van der Waals surface area contributed by atoms with Gasteiger partial charge in [-0.3, -0.25) is 4.57 Å². The summed E-state index contributed by atoms with van der Waals surface area (Å²) in [4.78, 5) is 4.87. The number of aromatic nitrogens is 4. The van der Waals surface area contributed by atoms with Crippen LogP contribution in [0.1, 0.15) is 26.3 Å². The molecule has 0 N–H and O–H groups in total. The van der Waals surface area contributed by atoms with Crippen LogP contribution in [0.4, 0.5) is 0 Å². The Hall–Kier alpha value is -7.11. The number of rotatable bonds is 9. The topological polar surface area (TPSA) is 35.9 Å². The molecule has 0 aliphatic carbocycles. The fourth-order valence-electron chi connectivity index (χ4n) is 9.33. The summed E-state index contributed by atoms with van der Waals surface area (Å²) in [5, 5.41) is 3.58. The van der Waals surface area contributed by atoms with Crippen LogP contribution in [0.15, 0.2) is 194 Å². The Morgan fingerprint density at radius 2 is 1.19 bits per heavy atom. The molecule has 0 saturated carbocycles. The summed E-state index contributed by atoms with van der Waals surface area (Å²) < 4.78 is 13.3. The third-order valence-corrected chi connectivity index (χ3v) is 14.7. The van der Waals surface area contributed by atoms with E-state index in [0.717, 1.165) is 61.2 Å². The monoisotopic (exact) mass is 1080 g/mol. The van der Waals surface area contributed by atoms with E-state index in [1.54, 1.807) is 0 Å². The molecule has 0 amide bonds. The Morgan fingerprint density at radius 1 is 0.559 bits per heavy atom. The van der Waals surface area contributed by atoms with Gasteiger partial charge in [0.2, 0.25) is 0 Å². The minimum atomic E-state index is -1.94. The van der Waals surface area contributed by atoms with Gasteiger partial charge in [0, 0.05) is 44.3 Å². The molecule has 0 spiro atoms. The Labute approximate surface area is 414 Å². The SMILES string of the molecule is CC(C)(C)c1ccnc(-n2c3[c-]c(Oc4[c-]c(-n5[c-][n+](-c6c(-c7cc(-c8ccccc8)cc(-c8ccccc8)c7)cccc6[Si](C)(C)C)c6ccccc65)ccc4)ccc3c3ccccc32)c1.[Pt]. The third kappa shape index (κ3) is 8.33. The van der Waals surface area contributed by atoms with Crippen molar-refractivity contribution in [3.8, 4) is 62.1 Å². The van der Waals surface area contributed by atoms with Crippen LogP contribution < -0.4 is 14.5 Å². The number of nitrogens with zero attached hydrogens (tertiary/aromatic N) is 4. The fraction of sp³-hybridized carbons (Fsp3) is 0.115. The van der Waals surface area contributed by atoms with Crippen molar-refractivity contribution >= 4 is 46.1 Å². The van der Waals surface area contributed by atoms with Gasteiger partial charge in [-0.25, -0.2) is 4.98 Å². The Morgan fingerprint density at radius 3 is 1.90 bits per heavy atom. The molecular formula is C61H50N4OPtSi-2. The molecule has 336 valence electrons. The summed E-state index contributed by atoms with van der Waals surface area (Å²) in [5.41, 5.74) is 14.2. The van der Waals surface area contributed by atoms with E-state index in [2.05, 4.69) is 242 Å². The molecule has 0 bridgehead atoms. The molecule has 7 heteroatoms. The molecule has 0 atom stereocenters. The molecule has 0 radical (unpaired) electrons. The van der Waals surface area contributed by atoms with Crippen molar-refractivity contribution < 1.29 is 30.4 Å². The molecule has 68 heavy (non-hydrogen) atoms. The van der Waals surface area contributed by atoms with Crippen LogP contribution in [0.3, 0.4) is 0 Å². The smallest absolute Gasteiger partial charge is 0.268 e. The number of ether oxygens (including phenoxy) is 1. The summed E-state index contributed by atoms with van der Waals surface area (Å²) in [5.74, 6) is 2.02. The fourth-order valence-corrected chi connectivity index (χ4v) is 10.9. The minimum Gasteiger partial charge on any atom is -0.510 e. The van der Waals surface area contributed by atoms with Gasteiger partial charge < -0.3 is 13.9 Å². The van der Waals surface area contributed by atoms with Crippen molar-refractivity contribution in [3.05, 3.63) is 218 Å². The standard InChI is InChI=1S/C61H50N4OSi.Pt/c1-61(2,3)47-33-34-62-59(38-47)65-54-27-14-13-25-52(54)53-32-31-50(40-57(53)65)66-49-24-17-23-48(39-49)63-41-64(56-29-16-15-28-55(56)63)60-51(26-18-30-58(60)67(4,5)6)46-36-44(42-19-9-7-10-20-42)35-45(37-46)43-21-11-8-12-22-43;/h7-38H,1-6H3;/q-2;. The molecule has 5 nitrogen and oxygen atoms in total. The van der Waals surface area contributed by atoms with Crippen LogP contribution in [0.2, 0.25) is 19.6 Å². The quantitative estimate of drug-likeness (QED) is 0.0820. The van der Waals surface area contributed by atoms with E-state index in [-0.39, 0.29) is 26.5 Å². The molecular weight excluding hydrogens is 1030 g/mol. The molecule has 3 aromatic heterocycles. The molecule has 3 heterocycles. The predicted molar refractivity (Wildman–Crippen MR) is 278 cm³/mol. The summed E-state index contributed by atoms with van der Waals surface area (Å²) >= 11 is 0. The van der Waals surface area contributed by atoms with Gasteiger partial charge in [-0.15, -0.1) is 29.7 Å². The van der Waals surface area contributed by atoms with Crippen molar-refractivity contribution in [2.24, 2.45) is 0 Å². The number of para-hydroxylation sites is 4. The molecule has 0 fully saturated rings. The van der Waals surface area contributed by atoms with Gasteiger partial charge in [-0.1, -0.05) is 167 Å². The van der Waals surface area contributed by atoms with Gasteiger partial charge in [0.25, 0.3) is 6.33 Å². The molecule has 11 rings (SSSR count). The number of hydrogen-bond acceptors (Lipinski definition) is 2. The average Bonchev–Trinajstić information content (AvgIpc) is 3.90. The van der Waals surface area contributed by atoms with Crippen LogP contribution >= 0.6 is 0 Å². The first-order valence-corrected chi connectivity index (χ1v) is 26.5. The van der Waals surface area contributed by atoms with E-state index < -0.39 is 8.07 Å². The normalized spacial score (nSPS) is 11.9. The molecule has 0 aliphatic rings. The second-order valence-electron chi connectivity index (χ2n) is 19.3. The Balaban J connectivity index is 0.00000539. The van der Waals surface area contributed by atoms with Crippen LogP contribution in [-0.4, -0.2) is 22.2 Å². The predicted octanol–water partition coefficient (Wildman–Crippen LogP) is 14.4. The first-order chi connectivity index (χ1) is 32.5. The summed E-state index contributed by atoms with van der Waals surface area (Å²) in [6.07, 6.45) is 5.76. The van der Waals surface area contributed by atoms with E-state index >= 15 is 0 Å². The maximum atomic E-state index is 6.68. The average molecular weight is 1080 g/mol. The van der Waals surface area contributed by atoms with Gasteiger partial charge in [-0.2, -0.15) is 18.2 Å². The van der Waals surface area contributed by atoms with Crippen LogP contribution in [0.5, 0.6) is 11.5 Å². The van der Waals surface area contributed by atoms with E-state index in [9.17, 15) is 0 Å². The van der Waals surface area contributed by atoms with Crippen LogP contribution in [-0.2, 0) is 26.5 Å². The zero-order valence-electron chi connectivity index (χ0n) is 39.0. The minimum absolute atomic E-state index is 0. The van der Waals surface area contributed by atoms with Gasteiger partial charge in [0.1, 0.15) is 5.82 Å². The third-order valence-electron chi connectivity index (χ3n) is 12.7. The Kier molecular flexibility index (Phi) is 11.7. The molecule has 0 aliphatic heterocycles. The maximum Gasteiger partial charge on any atom is 0.268 e. The van der Waals surface area contributed by atoms with Gasteiger partial charge in [-0.05, 0) is 97.0 Å². The second kappa shape index (κ2) is 17.8. The van der Waals surface area contributed by atoms with Crippen LogP contribution in [0.25, 0.3) is 83.4 Å². The van der Waals surface area contributed by atoms with E-state index in [0.29, 0.717) is 11.5 Å². The van der Waals surface area contributed by atoms with Crippen molar-refractivity contribution in [2.45, 2.75) is 45.8 Å². The van der Waals surface area contributed by atoms with Gasteiger partial charge in [0.05, 0.1) is 24.8 Å². The summed E-state index contributed by atoms with van der Waals surface area (Å²) in [7, 11) is -1.94. The van der Waals surface area contributed by atoms with Crippen molar-refractivity contribution in [3.63, 3.8) is 0 Å². The number of hydrogen-bond donors (Lipinski definition) is 0. The molecule has 0 saturated heterocycles. The maximum absolute atomic E-state index is 6.68. The molecule has 8 aromatic carbocycles. The van der Waals surface area contributed by atoms with Gasteiger partial charge in [0.15, 0.2) is 0 Å². The van der Waals surface area contributed by atoms with Gasteiger partial charge >= 0.3 is 0 Å².